The van der Waals surface area contributed by atoms with Gasteiger partial charge < -0.3 is 11.1 Å². The number of nitrogens with two attached hydrogens (primary N) is 1. The van der Waals surface area contributed by atoms with Crippen LogP contribution in [-0.4, -0.2) is 12.5 Å². The molecule has 1 heterocycles. The number of amides is 1. The molecular weight excluding hydrogens is 291 g/mol. The van der Waals surface area contributed by atoms with Crippen molar-refractivity contribution in [1.29, 1.82) is 0 Å². The molecule has 3 nitrogen and oxygen atoms in total. The average molecular weight is 308 g/mol. The van der Waals surface area contributed by atoms with E-state index in [1.54, 1.807) is 6.07 Å². The van der Waals surface area contributed by atoms with E-state index in [2.05, 4.69) is 11.9 Å². The summed E-state index contributed by atoms with van der Waals surface area (Å²) in [6.45, 7) is 4.40. The van der Waals surface area contributed by atoms with Crippen LogP contribution in [0.4, 0.5) is 10.1 Å². The number of carbonyl (C=O) groups is 1. The molecule has 0 aromatic heterocycles. The van der Waals surface area contributed by atoms with E-state index in [-0.39, 0.29) is 17.1 Å². The highest BCUT2D eigenvalue weighted by Crippen LogP contribution is 2.47. The van der Waals surface area contributed by atoms with E-state index in [0.717, 1.165) is 18.4 Å². The average Bonchev–Trinajstić information content (AvgIpc) is 3.31. The number of fused-ring (bicyclic) bond motifs is 1. The lowest BCUT2D eigenvalue weighted by Crippen LogP contribution is -2.19. The van der Waals surface area contributed by atoms with Gasteiger partial charge in [-0.1, -0.05) is 30.8 Å². The molecular formula is C19H17FN2O. The maximum absolute atomic E-state index is 14.4. The third kappa shape index (κ3) is 2.10. The molecule has 0 atom stereocenters. The minimum absolute atomic E-state index is 0.125. The van der Waals surface area contributed by atoms with Gasteiger partial charge in [0.05, 0.1) is 5.69 Å². The van der Waals surface area contributed by atoms with Crippen LogP contribution in [0.3, 0.4) is 0 Å². The lowest BCUT2D eigenvalue weighted by Gasteiger charge is -2.14. The van der Waals surface area contributed by atoms with E-state index in [1.165, 1.54) is 11.6 Å². The summed E-state index contributed by atoms with van der Waals surface area (Å²) >= 11 is 0. The molecule has 0 spiro atoms. The molecule has 2 aliphatic rings. The molecule has 4 heteroatoms. The normalized spacial score (nSPS) is 17.8. The minimum Gasteiger partial charge on any atom is -0.330 e. The standard InChI is InChI=1S/C19H17FN2O/c1-11-14-8-15(16(20)9-17(14)22-18(11)23)12-2-4-13(5-3-12)19(10-21)6-7-19/h2-5,8-9H,1,6-7,10,21H2,(H,22,23). The molecule has 1 amide bonds. The van der Waals surface area contributed by atoms with Gasteiger partial charge in [0.1, 0.15) is 5.82 Å². The summed E-state index contributed by atoms with van der Waals surface area (Å²) in [7, 11) is 0. The second-order valence-corrected chi connectivity index (χ2v) is 6.37. The number of anilines is 1. The Balaban J connectivity index is 1.74. The van der Waals surface area contributed by atoms with E-state index in [4.69, 9.17) is 5.73 Å². The highest BCUT2D eigenvalue weighted by Gasteiger charge is 2.42. The Morgan fingerprint density at radius 1 is 1.17 bits per heavy atom. The predicted octanol–water partition coefficient (Wildman–Crippen LogP) is 3.45. The lowest BCUT2D eigenvalue weighted by atomic mass is 9.93. The van der Waals surface area contributed by atoms with E-state index in [9.17, 15) is 9.18 Å². The van der Waals surface area contributed by atoms with Gasteiger partial charge in [-0.15, -0.1) is 0 Å². The smallest absolute Gasteiger partial charge is 0.255 e. The number of rotatable bonds is 3. The van der Waals surface area contributed by atoms with E-state index in [0.29, 0.717) is 28.9 Å². The van der Waals surface area contributed by atoms with Gasteiger partial charge in [0.2, 0.25) is 0 Å². The van der Waals surface area contributed by atoms with E-state index >= 15 is 0 Å². The van der Waals surface area contributed by atoms with Crippen molar-refractivity contribution in [1.82, 2.24) is 0 Å². The Kier molecular flexibility index (Phi) is 2.93. The van der Waals surface area contributed by atoms with E-state index in [1.807, 2.05) is 24.3 Å². The SMILES string of the molecule is C=C1C(=O)Nc2cc(F)c(-c3ccc(C4(CN)CC4)cc3)cc21. The summed E-state index contributed by atoms with van der Waals surface area (Å²) in [5.41, 5.74) is 9.98. The third-order valence-electron chi connectivity index (χ3n) is 5.01. The number of hydrogen-bond donors (Lipinski definition) is 2. The van der Waals surface area contributed by atoms with Gasteiger partial charge >= 0.3 is 0 Å². The number of benzene rings is 2. The zero-order valence-corrected chi connectivity index (χ0v) is 12.7. The maximum atomic E-state index is 14.4. The van der Waals surface area contributed by atoms with Crippen molar-refractivity contribution in [2.24, 2.45) is 5.73 Å². The summed E-state index contributed by atoms with van der Waals surface area (Å²) in [6.07, 6.45) is 2.23. The molecule has 23 heavy (non-hydrogen) atoms. The summed E-state index contributed by atoms with van der Waals surface area (Å²) in [6, 6.07) is 10.9. The third-order valence-corrected chi connectivity index (χ3v) is 5.01. The van der Waals surface area contributed by atoms with Crippen LogP contribution < -0.4 is 11.1 Å². The summed E-state index contributed by atoms with van der Waals surface area (Å²) in [4.78, 5) is 11.6. The Hall–Kier alpha value is -2.46. The number of nitrogens with one attached hydrogen (secondary N) is 1. The van der Waals surface area contributed by atoms with Crippen molar-refractivity contribution in [3.63, 3.8) is 0 Å². The van der Waals surface area contributed by atoms with Gasteiger partial charge in [0.25, 0.3) is 5.91 Å². The van der Waals surface area contributed by atoms with Gasteiger partial charge in [-0.05, 0) is 36.1 Å². The fourth-order valence-electron chi connectivity index (χ4n) is 3.23. The number of halogens is 1. The molecule has 2 aromatic carbocycles. The van der Waals surface area contributed by atoms with Crippen molar-refractivity contribution in [3.05, 3.63) is 59.9 Å². The van der Waals surface area contributed by atoms with Crippen LogP contribution in [0.1, 0.15) is 24.0 Å². The molecule has 116 valence electrons. The Morgan fingerprint density at radius 2 is 1.87 bits per heavy atom. The van der Waals surface area contributed by atoms with Crippen molar-refractivity contribution in [2.75, 3.05) is 11.9 Å². The minimum atomic E-state index is -0.355. The monoisotopic (exact) mass is 308 g/mol. The molecule has 1 saturated carbocycles. The molecule has 2 aromatic rings. The van der Waals surface area contributed by atoms with Crippen LogP contribution in [-0.2, 0) is 10.2 Å². The van der Waals surface area contributed by atoms with Gasteiger partial charge in [0.15, 0.2) is 0 Å². The molecule has 0 saturated heterocycles. The molecule has 0 bridgehead atoms. The van der Waals surface area contributed by atoms with E-state index < -0.39 is 0 Å². The first kappa shape index (κ1) is 14.2. The van der Waals surface area contributed by atoms with Crippen LogP contribution >= 0.6 is 0 Å². The number of hydrogen-bond acceptors (Lipinski definition) is 2. The summed E-state index contributed by atoms with van der Waals surface area (Å²) in [5, 5.41) is 2.62. The zero-order chi connectivity index (χ0) is 16.2. The predicted molar refractivity (Wildman–Crippen MR) is 89.5 cm³/mol. The van der Waals surface area contributed by atoms with Crippen LogP contribution in [0.5, 0.6) is 0 Å². The quantitative estimate of drug-likeness (QED) is 0.853. The second kappa shape index (κ2) is 4.77. The first-order chi connectivity index (χ1) is 11.0. The first-order valence-electron chi connectivity index (χ1n) is 7.69. The van der Waals surface area contributed by atoms with Crippen LogP contribution in [0.2, 0.25) is 0 Å². The summed E-state index contributed by atoms with van der Waals surface area (Å²) < 4.78 is 14.4. The zero-order valence-electron chi connectivity index (χ0n) is 12.7. The topological polar surface area (TPSA) is 55.1 Å². The van der Waals surface area contributed by atoms with Crippen LogP contribution in [0.25, 0.3) is 16.7 Å². The fourth-order valence-corrected chi connectivity index (χ4v) is 3.23. The highest BCUT2D eigenvalue weighted by atomic mass is 19.1. The maximum Gasteiger partial charge on any atom is 0.255 e. The molecule has 3 N–H and O–H groups in total. The number of carbonyl (C=O) groups excluding carboxylic acids is 1. The van der Waals surface area contributed by atoms with Gasteiger partial charge in [0, 0.05) is 28.7 Å². The van der Waals surface area contributed by atoms with Crippen molar-refractivity contribution in [3.8, 4) is 11.1 Å². The van der Waals surface area contributed by atoms with Crippen molar-refractivity contribution < 1.29 is 9.18 Å². The fraction of sp³-hybridized carbons (Fsp3) is 0.211. The Labute approximate surface area is 134 Å². The van der Waals surface area contributed by atoms with Crippen LogP contribution in [0.15, 0.2) is 43.0 Å². The summed E-state index contributed by atoms with van der Waals surface area (Å²) in [5.74, 6) is -0.628. The highest BCUT2D eigenvalue weighted by molar-refractivity contribution is 6.31. The van der Waals surface area contributed by atoms with Gasteiger partial charge in [-0.3, -0.25) is 4.79 Å². The molecule has 1 aliphatic heterocycles. The molecule has 0 radical (unpaired) electrons. The Bertz CT molecular complexity index is 835. The van der Waals surface area contributed by atoms with Crippen molar-refractivity contribution in [2.45, 2.75) is 18.3 Å². The van der Waals surface area contributed by atoms with Crippen LogP contribution in [0, 0.1) is 5.82 Å². The Morgan fingerprint density at radius 3 is 2.48 bits per heavy atom. The first-order valence-corrected chi connectivity index (χ1v) is 7.69. The molecule has 1 fully saturated rings. The molecule has 1 aliphatic carbocycles. The second-order valence-electron chi connectivity index (χ2n) is 6.37. The van der Waals surface area contributed by atoms with Gasteiger partial charge in [-0.25, -0.2) is 4.39 Å². The molecule has 0 unspecified atom stereocenters. The van der Waals surface area contributed by atoms with Crippen molar-refractivity contribution >= 4 is 17.2 Å². The van der Waals surface area contributed by atoms with Gasteiger partial charge in [-0.2, -0.15) is 0 Å². The lowest BCUT2D eigenvalue weighted by molar-refractivity contribution is -0.110. The molecule has 4 rings (SSSR count). The largest absolute Gasteiger partial charge is 0.330 e.